The Morgan fingerprint density at radius 2 is 1.94 bits per heavy atom. The van der Waals surface area contributed by atoms with Crippen LogP contribution < -0.4 is 0 Å². The lowest BCUT2D eigenvalue weighted by Crippen LogP contribution is -2.22. The first kappa shape index (κ1) is 14.9. The fourth-order valence-corrected chi connectivity index (χ4v) is 1.77. The molecule has 0 aromatic heterocycles. The highest BCUT2D eigenvalue weighted by Crippen LogP contribution is 2.29. The number of hydrogen-bond acceptors (Lipinski definition) is 2. The molecule has 2 rings (SSSR count). The highest BCUT2D eigenvalue weighted by Gasteiger charge is 2.30. The molecule has 0 N–H and O–H groups in total. The van der Waals surface area contributed by atoms with E-state index in [0.29, 0.717) is 18.8 Å². The summed E-state index contributed by atoms with van der Waals surface area (Å²) < 4.78 is 37.5. The molecular weight excluding hydrogens is 309 g/mol. The molecule has 1 heterocycles. The molecule has 0 bridgehead atoms. The first-order chi connectivity index (χ1) is 7.95. The van der Waals surface area contributed by atoms with Crippen LogP contribution in [-0.4, -0.2) is 23.5 Å². The maximum Gasteiger partial charge on any atom is 0.416 e. The van der Waals surface area contributed by atoms with E-state index in [-0.39, 0.29) is 17.0 Å². The van der Waals surface area contributed by atoms with E-state index in [0.717, 1.165) is 6.07 Å². The van der Waals surface area contributed by atoms with E-state index in [2.05, 4.69) is 0 Å². The van der Waals surface area contributed by atoms with E-state index in [1.165, 1.54) is 12.1 Å². The standard InChI is InChI=1S/C12H13F3N2.BrH/c1-16-5-6-17(9-16)8-10-3-2-4-11(7-10)12(13,14)15;/h2-7H,8-9H2,1H3;1H. The van der Waals surface area contributed by atoms with Crippen molar-refractivity contribution in [2.45, 2.75) is 12.7 Å². The first-order valence-corrected chi connectivity index (χ1v) is 5.24. The van der Waals surface area contributed by atoms with Gasteiger partial charge in [-0.3, -0.25) is 0 Å². The lowest BCUT2D eigenvalue weighted by Gasteiger charge is -2.18. The van der Waals surface area contributed by atoms with E-state index in [9.17, 15) is 13.2 Å². The summed E-state index contributed by atoms with van der Waals surface area (Å²) in [6.45, 7) is 1.20. The summed E-state index contributed by atoms with van der Waals surface area (Å²) in [6, 6.07) is 5.45. The summed E-state index contributed by atoms with van der Waals surface area (Å²) in [6.07, 6.45) is -0.498. The maximum absolute atomic E-state index is 12.5. The summed E-state index contributed by atoms with van der Waals surface area (Å²) in [4.78, 5) is 3.92. The van der Waals surface area contributed by atoms with Crippen LogP contribution in [0.3, 0.4) is 0 Å². The minimum Gasteiger partial charge on any atom is -0.362 e. The zero-order valence-electron chi connectivity index (χ0n) is 9.81. The Balaban J connectivity index is 0.00000162. The average molecular weight is 323 g/mol. The van der Waals surface area contributed by atoms with Crippen LogP contribution in [0.15, 0.2) is 36.7 Å². The molecule has 0 spiro atoms. The summed E-state index contributed by atoms with van der Waals surface area (Å²) in [5, 5.41) is 0. The van der Waals surface area contributed by atoms with Gasteiger partial charge in [-0.25, -0.2) is 0 Å². The molecule has 1 aliphatic heterocycles. The van der Waals surface area contributed by atoms with Crippen LogP contribution in [0.1, 0.15) is 11.1 Å². The van der Waals surface area contributed by atoms with Gasteiger partial charge >= 0.3 is 6.18 Å². The zero-order valence-corrected chi connectivity index (χ0v) is 11.5. The molecular formula is C12H14BrF3N2. The van der Waals surface area contributed by atoms with Gasteiger partial charge in [0.15, 0.2) is 0 Å². The first-order valence-electron chi connectivity index (χ1n) is 5.24. The monoisotopic (exact) mass is 322 g/mol. The fourth-order valence-electron chi connectivity index (χ4n) is 1.77. The van der Waals surface area contributed by atoms with E-state index in [1.54, 1.807) is 6.07 Å². The van der Waals surface area contributed by atoms with E-state index in [4.69, 9.17) is 0 Å². The smallest absolute Gasteiger partial charge is 0.362 e. The minimum atomic E-state index is -4.27. The lowest BCUT2D eigenvalue weighted by molar-refractivity contribution is -0.137. The molecule has 2 nitrogen and oxygen atoms in total. The van der Waals surface area contributed by atoms with Crippen LogP contribution in [-0.2, 0) is 12.7 Å². The van der Waals surface area contributed by atoms with Crippen molar-refractivity contribution < 1.29 is 13.2 Å². The van der Waals surface area contributed by atoms with Crippen LogP contribution in [0, 0.1) is 0 Å². The summed E-state index contributed by atoms with van der Waals surface area (Å²) in [5.74, 6) is 0. The third kappa shape index (κ3) is 3.66. The molecule has 0 radical (unpaired) electrons. The molecule has 0 saturated heterocycles. The predicted molar refractivity (Wildman–Crippen MR) is 69.1 cm³/mol. The van der Waals surface area contributed by atoms with Gasteiger partial charge in [0.1, 0.15) is 0 Å². The zero-order chi connectivity index (χ0) is 12.5. The Morgan fingerprint density at radius 3 is 2.50 bits per heavy atom. The fraction of sp³-hybridized carbons (Fsp3) is 0.333. The van der Waals surface area contributed by atoms with E-state index in [1.807, 2.05) is 29.2 Å². The summed E-state index contributed by atoms with van der Waals surface area (Å²) in [7, 11) is 1.92. The van der Waals surface area contributed by atoms with Gasteiger partial charge < -0.3 is 9.80 Å². The molecule has 0 aliphatic carbocycles. The second-order valence-electron chi connectivity index (χ2n) is 4.14. The second kappa shape index (κ2) is 5.65. The topological polar surface area (TPSA) is 6.48 Å². The van der Waals surface area contributed by atoms with Crippen LogP contribution in [0.2, 0.25) is 0 Å². The largest absolute Gasteiger partial charge is 0.416 e. The van der Waals surface area contributed by atoms with Gasteiger partial charge in [-0.15, -0.1) is 17.0 Å². The van der Waals surface area contributed by atoms with Crippen molar-refractivity contribution in [3.63, 3.8) is 0 Å². The highest BCUT2D eigenvalue weighted by molar-refractivity contribution is 8.93. The van der Waals surface area contributed by atoms with Gasteiger partial charge in [0, 0.05) is 26.0 Å². The normalized spacial score (nSPS) is 14.9. The molecule has 0 fully saturated rings. The Morgan fingerprint density at radius 1 is 1.22 bits per heavy atom. The SMILES string of the molecule is Br.CN1C=CN(Cc2cccc(C(F)(F)F)c2)C1. The van der Waals surface area contributed by atoms with Crippen LogP contribution in [0.5, 0.6) is 0 Å². The lowest BCUT2D eigenvalue weighted by atomic mass is 10.1. The molecule has 0 atom stereocenters. The minimum absolute atomic E-state index is 0. The third-order valence-corrected chi connectivity index (χ3v) is 2.58. The van der Waals surface area contributed by atoms with Crippen molar-refractivity contribution >= 4 is 17.0 Å². The molecule has 0 amide bonds. The molecule has 0 unspecified atom stereocenters. The Bertz CT molecular complexity index is 432. The van der Waals surface area contributed by atoms with Gasteiger partial charge in [-0.05, 0) is 17.7 Å². The number of alkyl halides is 3. The molecule has 6 heteroatoms. The van der Waals surface area contributed by atoms with Crippen molar-refractivity contribution in [3.05, 3.63) is 47.8 Å². The molecule has 0 saturated carbocycles. The van der Waals surface area contributed by atoms with E-state index < -0.39 is 11.7 Å². The predicted octanol–water partition coefficient (Wildman–Crippen LogP) is 3.46. The molecule has 100 valence electrons. The van der Waals surface area contributed by atoms with Crippen molar-refractivity contribution in [1.82, 2.24) is 9.80 Å². The second-order valence-corrected chi connectivity index (χ2v) is 4.14. The summed E-state index contributed by atoms with van der Waals surface area (Å²) in [5.41, 5.74) is 0.0753. The molecule has 18 heavy (non-hydrogen) atoms. The van der Waals surface area contributed by atoms with Gasteiger partial charge in [0.2, 0.25) is 0 Å². The molecule has 1 aromatic rings. The number of nitrogens with zero attached hydrogens (tertiary/aromatic N) is 2. The third-order valence-electron chi connectivity index (χ3n) is 2.58. The van der Waals surface area contributed by atoms with Gasteiger partial charge in [0.05, 0.1) is 12.2 Å². The number of hydrogen-bond donors (Lipinski definition) is 0. The van der Waals surface area contributed by atoms with Gasteiger partial charge in [0.25, 0.3) is 0 Å². The Labute approximate surface area is 114 Å². The number of halogens is 4. The van der Waals surface area contributed by atoms with Gasteiger partial charge in [-0.1, -0.05) is 12.1 Å². The summed E-state index contributed by atoms with van der Waals surface area (Å²) >= 11 is 0. The van der Waals surface area contributed by atoms with Gasteiger partial charge in [-0.2, -0.15) is 13.2 Å². The average Bonchev–Trinajstić information content (AvgIpc) is 2.63. The Kier molecular flexibility index (Phi) is 4.67. The van der Waals surface area contributed by atoms with Crippen molar-refractivity contribution in [3.8, 4) is 0 Å². The Hall–Kier alpha value is -1.17. The number of benzene rings is 1. The quantitative estimate of drug-likeness (QED) is 0.822. The van der Waals surface area contributed by atoms with E-state index >= 15 is 0 Å². The van der Waals surface area contributed by atoms with Crippen molar-refractivity contribution in [2.75, 3.05) is 13.7 Å². The van der Waals surface area contributed by atoms with Crippen molar-refractivity contribution in [1.29, 1.82) is 0 Å². The molecule has 1 aromatic carbocycles. The molecule has 1 aliphatic rings. The van der Waals surface area contributed by atoms with Crippen LogP contribution in [0.4, 0.5) is 13.2 Å². The maximum atomic E-state index is 12.5. The highest BCUT2D eigenvalue weighted by atomic mass is 79.9. The van der Waals surface area contributed by atoms with Crippen LogP contribution >= 0.6 is 17.0 Å². The number of rotatable bonds is 2. The van der Waals surface area contributed by atoms with Crippen molar-refractivity contribution in [2.24, 2.45) is 0 Å². The van der Waals surface area contributed by atoms with Crippen LogP contribution in [0.25, 0.3) is 0 Å².